The third-order valence-electron chi connectivity index (χ3n) is 5.82. The largest absolute Gasteiger partial charge is 0.493 e. The Hall–Kier alpha value is -3.39. The molecule has 7 nitrogen and oxygen atoms in total. The molecular weight excluding hydrogens is 411 g/mol. The molecular formula is C24H27FN4O3. The van der Waals surface area contributed by atoms with E-state index in [2.05, 4.69) is 0 Å². The third kappa shape index (κ3) is 3.71. The Morgan fingerprint density at radius 1 is 1.06 bits per heavy atom. The maximum atomic E-state index is 13.8. The zero-order chi connectivity index (χ0) is 23.0. The van der Waals surface area contributed by atoms with E-state index in [-0.39, 0.29) is 11.5 Å². The van der Waals surface area contributed by atoms with Crippen LogP contribution in [0.3, 0.4) is 0 Å². The van der Waals surface area contributed by atoms with Gasteiger partial charge < -0.3 is 15.2 Å². The van der Waals surface area contributed by atoms with Crippen LogP contribution in [0.2, 0.25) is 0 Å². The molecule has 4 rings (SSSR count). The summed E-state index contributed by atoms with van der Waals surface area (Å²) < 4.78 is 28.0. The first-order chi connectivity index (χ1) is 15.4. The monoisotopic (exact) mass is 438 g/mol. The summed E-state index contributed by atoms with van der Waals surface area (Å²) in [5.74, 6) is 0.933. The summed E-state index contributed by atoms with van der Waals surface area (Å²) in [6.07, 6.45) is 0.692. The lowest BCUT2D eigenvalue weighted by Gasteiger charge is -2.24. The number of halogens is 1. The second-order valence-electron chi connectivity index (χ2n) is 7.88. The molecule has 1 aliphatic rings. The SMILES string of the molecule is COc1cc2c(cc1OC)-c1c/c(=N\c3c(C)cc(F)cc3C)n(CCN)c(=O)n1CC2. The van der Waals surface area contributed by atoms with Crippen LogP contribution in [0.15, 0.2) is 40.1 Å². The minimum Gasteiger partial charge on any atom is -0.493 e. The standard InChI is InChI=1S/C24H27FN4O3/c1-14-9-17(25)10-15(2)23(14)27-22-13-19-18-12-21(32-4)20(31-3)11-16(18)5-7-28(19)24(30)29(22)8-6-26/h9-13H,5-8,26H2,1-4H3/b27-22+. The van der Waals surface area contributed by atoms with Gasteiger partial charge >= 0.3 is 5.69 Å². The number of aromatic nitrogens is 2. The highest BCUT2D eigenvalue weighted by Crippen LogP contribution is 2.37. The Morgan fingerprint density at radius 2 is 1.72 bits per heavy atom. The van der Waals surface area contributed by atoms with Crippen LogP contribution in [0.4, 0.5) is 10.1 Å². The molecule has 0 radical (unpaired) electrons. The van der Waals surface area contributed by atoms with Crippen LogP contribution in [0, 0.1) is 19.7 Å². The number of methoxy groups -OCH3 is 2. The molecule has 0 saturated carbocycles. The summed E-state index contributed by atoms with van der Waals surface area (Å²) in [5, 5.41) is 0. The van der Waals surface area contributed by atoms with E-state index in [1.807, 2.05) is 18.2 Å². The fourth-order valence-electron chi connectivity index (χ4n) is 4.29. The number of hydrogen-bond acceptors (Lipinski definition) is 5. The quantitative estimate of drug-likeness (QED) is 0.664. The Kier molecular flexibility index (Phi) is 5.88. The first-order valence-electron chi connectivity index (χ1n) is 10.5. The summed E-state index contributed by atoms with van der Waals surface area (Å²) in [4.78, 5) is 18.2. The summed E-state index contributed by atoms with van der Waals surface area (Å²) in [7, 11) is 3.19. The fraction of sp³-hybridized carbons (Fsp3) is 0.333. The third-order valence-corrected chi connectivity index (χ3v) is 5.82. The maximum Gasteiger partial charge on any atom is 0.330 e. The molecule has 1 aliphatic heterocycles. The van der Waals surface area contributed by atoms with Gasteiger partial charge in [-0.2, -0.15) is 0 Å². The molecule has 1 aromatic heterocycles. The van der Waals surface area contributed by atoms with Gasteiger partial charge in [-0.15, -0.1) is 0 Å². The van der Waals surface area contributed by atoms with Crippen LogP contribution in [0.5, 0.6) is 11.5 Å². The van der Waals surface area contributed by atoms with E-state index in [0.29, 0.717) is 59.9 Å². The van der Waals surface area contributed by atoms with Crippen LogP contribution < -0.4 is 26.4 Å². The van der Waals surface area contributed by atoms with E-state index in [4.69, 9.17) is 20.2 Å². The number of fused-ring (bicyclic) bond motifs is 3. The van der Waals surface area contributed by atoms with Crippen molar-refractivity contribution in [3.63, 3.8) is 0 Å². The molecule has 2 heterocycles. The predicted octanol–water partition coefficient (Wildman–Crippen LogP) is 2.84. The molecule has 0 bridgehead atoms. The summed E-state index contributed by atoms with van der Waals surface area (Å²) in [6, 6.07) is 8.62. The second-order valence-corrected chi connectivity index (χ2v) is 7.88. The lowest BCUT2D eigenvalue weighted by molar-refractivity contribution is 0.354. The zero-order valence-electron chi connectivity index (χ0n) is 18.7. The Morgan fingerprint density at radius 3 is 2.34 bits per heavy atom. The average Bonchev–Trinajstić information content (AvgIpc) is 2.77. The molecule has 32 heavy (non-hydrogen) atoms. The highest BCUT2D eigenvalue weighted by molar-refractivity contribution is 5.70. The highest BCUT2D eigenvalue weighted by Gasteiger charge is 2.22. The predicted molar refractivity (Wildman–Crippen MR) is 121 cm³/mol. The number of nitrogens with zero attached hydrogens (tertiary/aromatic N) is 3. The molecule has 168 valence electrons. The van der Waals surface area contributed by atoms with Crippen LogP contribution >= 0.6 is 0 Å². The lowest BCUT2D eigenvalue weighted by atomic mass is 9.97. The molecule has 0 aliphatic carbocycles. The van der Waals surface area contributed by atoms with Gasteiger partial charge in [0.15, 0.2) is 11.5 Å². The van der Waals surface area contributed by atoms with Crippen molar-refractivity contribution < 1.29 is 13.9 Å². The molecule has 2 N–H and O–H groups in total. The molecule has 0 spiro atoms. The normalized spacial score (nSPS) is 13.0. The first-order valence-corrected chi connectivity index (χ1v) is 10.5. The molecule has 8 heteroatoms. The van der Waals surface area contributed by atoms with Crippen molar-refractivity contribution in [2.24, 2.45) is 10.7 Å². The minimum absolute atomic E-state index is 0.176. The minimum atomic E-state index is -0.311. The van der Waals surface area contributed by atoms with Gasteiger partial charge in [-0.3, -0.25) is 9.13 Å². The van der Waals surface area contributed by atoms with Gasteiger partial charge in [-0.25, -0.2) is 14.2 Å². The number of hydrogen-bond donors (Lipinski definition) is 1. The number of benzene rings is 2. The molecule has 0 fully saturated rings. The highest BCUT2D eigenvalue weighted by atomic mass is 19.1. The zero-order valence-corrected chi connectivity index (χ0v) is 18.7. The summed E-state index contributed by atoms with van der Waals surface area (Å²) in [5.41, 5.74) is 10.9. The van der Waals surface area contributed by atoms with Crippen molar-refractivity contribution in [2.45, 2.75) is 33.4 Å². The average molecular weight is 439 g/mol. The molecule has 2 aromatic carbocycles. The Balaban J connectivity index is 2.03. The van der Waals surface area contributed by atoms with Crippen LogP contribution in [0.1, 0.15) is 16.7 Å². The van der Waals surface area contributed by atoms with Gasteiger partial charge in [0, 0.05) is 31.3 Å². The number of ether oxygens (including phenoxy) is 2. The summed E-state index contributed by atoms with van der Waals surface area (Å²) >= 11 is 0. The van der Waals surface area contributed by atoms with Crippen molar-refractivity contribution in [2.75, 3.05) is 20.8 Å². The van der Waals surface area contributed by atoms with Crippen molar-refractivity contribution in [3.05, 3.63) is 68.8 Å². The van der Waals surface area contributed by atoms with E-state index in [0.717, 1.165) is 16.8 Å². The molecule has 0 amide bonds. The number of aryl methyl sites for hydroxylation is 3. The van der Waals surface area contributed by atoms with E-state index in [1.54, 1.807) is 37.2 Å². The van der Waals surface area contributed by atoms with Gasteiger partial charge in [0.25, 0.3) is 0 Å². The number of rotatable bonds is 5. The smallest absolute Gasteiger partial charge is 0.330 e. The lowest BCUT2D eigenvalue weighted by Crippen LogP contribution is -2.43. The van der Waals surface area contributed by atoms with Crippen molar-refractivity contribution in [1.29, 1.82) is 0 Å². The van der Waals surface area contributed by atoms with E-state index in [1.165, 1.54) is 12.1 Å². The fourth-order valence-corrected chi connectivity index (χ4v) is 4.29. The Bertz CT molecular complexity index is 1300. The van der Waals surface area contributed by atoms with Crippen molar-refractivity contribution in [1.82, 2.24) is 9.13 Å². The van der Waals surface area contributed by atoms with Gasteiger partial charge in [0.1, 0.15) is 11.3 Å². The molecule has 0 unspecified atom stereocenters. The number of nitrogens with two attached hydrogens (primary N) is 1. The Labute approximate surface area is 185 Å². The van der Waals surface area contributed by atoms with Gasteiger partial charge in [0.05, 0.1) is 25.6 Å². The van der Waals surface area contributed by atoms with Crippen molar-refractivity contribution in [3.8, 4) is 22.8 Å². The van der Waals surface area contributed by atoms with Crippen LogP contribution in [-0.4, -0.2) is 29.9 Å². The molecule has 3 aromatic rings. The van der Waals surface area contributed by atoms with Gasteiger partial charge in [-0.1, -0.05) is 0 Å². The van der Waals surface area contributed by atoms with Gasteiger partial charge in [0.2, 0.25) is 0 Å². The van der Waals surface area contributed by atoms with Crippen LogP contribution in [0.25, 0.3) is 11.3 Å². The topological polar surface area (TPSA) is 83.8 Å². The van der Waals surface area contributed by atoms with E-state index < -0.39 is 0 Å². The second kappa shape index (κ2) is 8.63. The van der Waals surface area contributed by atoms with Crippen molar-refractivity contribution >= 4 is 5.69 Å². The van der Waals surface area contributed by atoms with E-state index >= 15 is 0 Å². The maximum absolute atomic E-state index is 13.8. The van der Waals surface area contributed by atoms with Crippen LogP contribution in [-0.2, 0) is 19.5 Å². The van der Waals surface area contributed by atoms with E-state index in [9.17, 15) is 9.18 Å². The van der Waals surface area contributed by atoms with Gasteiger partial charge in [-0.05, 0) is 61.2 Å². The first kappa shape index (κ1) is 21.8. The summed E-state index contributed by atoms with van der Waals surface area (Å²) in [6.45, 7) is 4.77. The molecule has 0 atom stereocenters. The molecule has 0 saturated heterocycles.